The van der Waals surface area contributed by atoms with Crippen molar-refractivity contribution in [3.8, 4) is 0 Å². The van der Waals surface area contributed by atoms with Crippen molar-refractivity contribution >= 4 is 5.69 Å². The molecule has 0 bridgehead atoms. The first-order valence-electron chi connectivity index (χ1n) is 6.73. The van der Waals surface area contributed by atoms with E-state index >= 15 is 0 Å². The molecule has 0 aromatic heterocycles. The van der Waals surface area contributed by atoms with Crippen molar-refractivity contribution in [2.24, 2.45) is 11.7 Å². The van der Waals surface area contributed by atoms with Crippen molar-refractivity contribution in [3.63, 3.8) is 0 Å². The zero-order chi connectivity index (χ0) is 12.3. The molecule has 1 heterocycles. The zero-order valence-electron chi connectivity index (χ0n) is 11.1. The fraction of sp³-hybridized carbons (Fsp3) is 0.600. The summed E-state index contributed by atoms with van der Waals surface area (Å²) in [7, 11) is 0. The Morgan fingerprint density at radius 3 is 2.94 bits per heavy atom. The molecule has 0 spiro atoms. The third kappa shape index (κ3) is 2.81. The number of aryl methyl sites for hydroxylation is 1. The van der Waals surface area contributed by atoms with Crippen LogP contribution in [0.25, 0.3) is 0 Å². The molecule has 1 aromatic rings. The van der Waals surface area contributed by atoms with Crippen molar-refractivity contribution in [3.05, 3.63) is 29.3 Å². The number of hydrogen-bond acceptors (Lipinski definition) is 2. The molecule has 0 radical (unpaired) electrons. The lowest BCUT2D eigenvalue weighted by atomic mass is 9.93. The van der Waals surface area contributed by atoms with Crippen LogP contribution in [0.15, 0.2) is 18.2 Å². The molecule has 0 aliphatic carbocycles. The largest absolute Gasteiger partial charge is 0.371 e. The van der Waals surface area contributed by atoms with Gasteiger partial charge in [0.15, 0.2) is 0 Å². The molecule has 2 rings (SSSR count). The van der Waals surface area contributed by atoms with E-state index < -0.39 is 0 Å². The van der Waals surface area contributed by atoms with E-state index in [1.54, 1.807) is 0 Å². The summed E-state index contributed by atoms with van der Waals surface area (Å²) in [5.74, 6) is 0.786. The second-order valence-corrected chi connectivity index (χ2v) is 5.25. The molecule has 0 amide bonds. The fourth-order valence-electron chi connectivity index (χ4n) is 2.83. The monoisotopic (exact) mass is 232 g/mol. The van der Waals surface area contributed by atoms with Crippen LogP contribution in [0.5, 0.6) is 0 Å². The van der Waals surface area contributed by atoms with Crippen LogP contribution in [0.1, 0.15) is 30.4 Å². The minimum Gasteiger partial charge on any atom is -0.371 e. The van der Waals surface area contributed by atoms with Crippen molar-refractivity contribution in [2.75, 3.05) is 24.5 Å². The van der Waals surface area contributed by atoms with Gasteiger partial charge in [0.2, 0.25) is 0 Å². The number of nitrogens with zero attached hydrogens (tertiary/aromatic N) is 1. The third-order valence-corrected chi connectivity index (χ3v) is 4.01. The van der Waals surface area contributed by atoms with Crippen molar-refractivity contribution < 1.29 is 0 Å². The van der Waals surface area contributed by atoms with Gasteiger partial charge in [0.1, 0.15) is 0 Å². The van der Waals surface area contributed by atoms with Crippen LogP contribution >= 0.6 is 0 Å². The van der Waals surface area contributed by atoms with Gasteiger partial charge in [-0.25, -0.2) is 0 Å². The highest BCUT2D eigenvalue weighted by atomic mass is 15.1. The molecule has 0 saturated carbocycles. The Kier molecular flexibility index (Phi) is 4.06. The Bertz CT molecular complexity index is 371. The van der Waals surface area contributed by atoms with Gasteiger partial charge < -0.3 is 10.6 Å². The molecule has 1 fully saturated rings. The first-order valence-corrected chi connectivity index (χ1v) is 6.73. The number of benzene rings is 1. The second-order valence-electron chi connectivity index (χ2n) is 5.25. The van der Waals surface area contributed by atoms with Crippen LogP contribution in [0.2, 0.25) is 0 Å². The van der Waals surface area contributed by atoms with Crippen LogP contribution in [0.3, 0.4) is 0 Å². The van der Waals surface area contributed by atoms with Gasteiger partial charge in [-0.3, -0.25) is 0 Å². The van der Waals surface area contributed by atoms with Crippen molar-refractivity contribution in [1.82, 2.24) is 0 Å². The highest BCUT2D eigenvalue weighted by molar-refractivity contribution is 5.56. The molecule has 94 valence electrons. The van der Waals surface area contributed by atoms with E-state index in [1.807, 2.05) is 0 Å². The average Bonchev–Trinajstić information content (AvgIpc) is 2.33. The predicted octanol–water partition coefficient (Wildman–Crippen LogP) is 2.87. The molecule has 1 unspecified atom stereocenters. The fourth-order valence-corrected chi connectivity index (χ4v) is 2.83. The highest BCUT2D eigenvalue weighted by Crippen LogP contribution is 2.28. The lowest BCUT2D eigenvalue weighted by molar-refractivity contribution is 0.396. The molecule has 2 N–H and O–H groups in total. The Morgan fingerprint density at radius 1 is 1.35 bits per heavy atom. The van der Waals surface area contributed by atoms with Crippen molar-refractivity contribution in [1.29, 1.82) is 0 Å². The summed E-state index contributed by atoms with van der Waals surface area (Å²) in [6.45, 7) is 7.63. The summed E-state index contributed by atoms with van der Waals surface area (Å²) in [4.78, 5) is 2.55. The SMILES string of the molecule is Cc1cccc(N2CCCC(CCN)C2)c1C. The number of piperidine rings is 1. The summed E-state index contributed by atoms with van der Waals surface area (Å²) in [5.41, 5.74) is 9.93. The van der Waals surface area contributed by atoms with Gasteiger partial charge in [0.25, 0.3) is 0 Å². The molecule has 17 heavy (non-hydrogen) atoms. The maximum atomic E-state index is 5.68. The Morgan fingerprint density at radius 2 is 2.18 bits per heavy atom. The van der Waals surface area contributed by atoms with Gasteiger partial charge in [0, 0.05) is 18.8 Å². The maximum Gasteiger partial charge on any atom is 0.0398 e. The second kappa shape index (κ2) is 5.54. The van der Waals surface area contributed by atoms with Gasteiger partial charge >= 0.3 is 0 Å². The first-order chi connectivity index (χ1) is 8.22. The zero-order valence-corrected chi connectivity index (χ0v) is 11.1. The topological polar surface area (TPSA) is 29.3 Å². The standard InChI is InChI=1S/C15H24N2/c1-12-5-3-7-15(13(12)2)17-10-4-6-14(11-17)8-9-16/h3,5,7,14H,4,6,8-11,16H2,1-2H3. The van der Waals surface area contributed by atoms with Crippen LogP contribution in [0.4, 0.5) is 5.69 Å². The Balaban J connectivity index is 2.13. The summed E-state index contributed by atoms with van der Waals surface area (Å²) < 4.78 is 0. The van der Waals surface area contributed by atoms with Gasteiger partial charge in [0.05, 0.1) is 0 Å². The molecular weight excluding hydrogens is 208 g/mol. The van der Waals surface area contributed by atoms with Crippen LogP contribution in [-0.2, 0) is 0 Å². The number of anilines is 1. The minimum atomic E-state index is 0.786. The first kappa shape index (κ1) is 12.4. The van der Waals surface area contributed by atoms with Crippen LogP contribution < -0.4 is 10.6 Å². The lowest BCUT2D eigenvalue weighted by Gasteiger charge is -2.35. The molecule has 1 saturated heterocycles. The normalized spacial score (nSPS) is 20.6. The summed E-state index contributed by atoms with van der Waals surface area (Å²) >= 11 is 0. The maximum absolute atomic E-state index is 5.68. The highest BCUT2D eigenvalue weighted by Gasteiger charge is 2.20. The van der Waals surface area contributed by atoms with Gasteiger partial charge in [-0.1, -0.05) is 12.1 Å². The molecule has 1 atom stereocenters. The molecule has 2 heteroatoms. The summed E-state index contributed by atoms with van der Waals surface area (Å²) in [5, 5.41) is 0. The smallest absolute Gasteiger partial charge is 0.0398 e. The predicted molar refractivity (Wildman–Crippen MR) is 74.5 cm³/mol. The van der Waals surface area contributed by atoms with Gasteiger partial charge in [-0.2, -0.15) is 0 Å². The van der Waals surface area contributed by atoms with E-state index in [0.717, 1.165) is 12.5 Å². The van der Waals surface area contributed by atoms with Gasteiger partial charge in [-0.15, -0.1) is 0 Å². The molecule has 2 nitrogen and oxygen atoms in total. The Labute approximate surface area is 105 Å². The summed E-state index contributed by atoms with van der Waals surface area (Å²) in [6.07, 6.45) is 3.82. The minimum absolute atomic E-state index is 0.786. The van der Waals surface area contributed by atoms with E-state index in [1.165, 1.54) is 49.2 Å². The van der Waals surface area contributed by atoms with E-state index in [0.29, 0.717) is 0 Å². The lowest BCUT2D eigenvalue weighted by Crippen LogP contribution is -2.36. The molecule has 1 aromatic carbocycles. The molecule has 1 aliphatic rings. The van der Waals surface area contributed by atoms with Crippen LogP contribution in [-0.4, -0.2) is 19.6 Å². The number of hydrogen-bond donors (Lipinski definition) is 1. The summed E-state index contributed by atoms with van der Waals surface area (Å²) in [6, 6.07) is 6.62. The van der Waals surface area contributed by atoms with E-state index in [2.05, 4.69) is 36.9 Å². The Hall–Kier alpha value is -1.02. The molecular formula is C15H24N2. The van der Waals surface area contributed by atoms with E-state index in [4.69, 9.17) is 5.73 Å². The van der Waals surface area contributed by atoms with Gasteiger partial charge in [-0.05, 0) is 62.8 Å². The average molecular weight is 232 g/mol. The van der Waals surface area contributed by atoms with Crippen LogP contribution in [0, 0.1) is 19.8 Å². The molecule has 1 aliphatic heterocycles. The quantitative estimate of drug-likeness (QED) is 0.868. The number of rotatable bonds is 3. The van der Waals surface area contributed by atoms with E-state index in [9.17, 15) is 0 Å². The third-order valence-electron chi connectivity index (χ3n) is 4.01. The van der Waals surface area contributed by atoms with Crippen molar-refractivity contribution in [2.45, 2.75) is 33.1 Å². The number of nitrogens with two attached hydrogens (primary N) is 1. The van der Waals surface area contributed by atoms with E-state index in [-0.39, 0.29) is 0 Å².